The van der Waals surface area contributed by atoms with Gasteiger partial charge in [-0.25, -0.2) is 0 Å². The fourth-order valence-corrected chi connectivity index (χ4v) is 2.28. The van der Waals surface area contributed by atoms with E-state index < -0.39 is 5.91 Å². The first-order valence-corrected chi connectivity index (χ1v) is 5.20. The molecule has 0 spiro atoms. The number of nitrogens with two attached hydrogens (primary N) is 1. The second kappa shape index (κ2) is 4.75. The van der Waals surface area contributed by atoms with Crippen LogP contribution < -0.4 is 16.6 Å². The average molecular weight is 241 g/mol. The molecule has 0 aliphatic heterocycles. The lowest BCUT2D eigenvalue weighted by Crippen LogP contribution is -2.36. The van der Waals surface area contributed by atoms with E-state index in [0.29, 0.717) is 16.9 Å². The lowest BCUT2D eigenvalue weighted by Gasteiger charge is -2.03. The Kier molecular flexibility index (Phi) is 3.62. The molecule has 0 aliphatic rings. The molecule has 0 saturated heterocycles. The van der Waals surface area contributed by atoms with E-state index in [0.717, 1.165) is 11.3 Å². The van der Waals surface area contributed by atoms with Gasteiger partial charge in [0.1, 0.15) is 0 Å². The number of amides is 2. The van der Waals surface area contributed by atoms with Crippen LogP contribution in [0.1, 0.15) is 32.5 Å². The summed E-state index contributed by atoms with van der Waals surface area (Å²) in [5, 5.41) is 0.257. The van der Waals surface area contributed by atoms with Crippen molar-refractivity contribution in [3.05, 3.63) is 16.0 Å². The highest BCUT2D eigenvalue weighted by Crippen LogP contribution is 2.30. The van der Waals surface area contributed by atoms with Crippen LogP contribution in [0, 0.1) is 6.92 Å². The van der Waals surface area contributed by atoms with Gasteiger partial charge in [0.2, 0.25) is 6.41 Å². The van der Waals surface area contributed by atoms with E-state index >= 15 is 0 Å². The van der Waals surface area contributed by atoms with Gasteiger partial charge in [-0.1, -0.05) is 0 Å². The molecule has 16 heavy (non-hydrogen) atoms. The van der Waals surface area contributed by atoms with Crippen LogP contribution in [0.3, 0.4) is 0 Å². The maximum absolute atomic E-state index is 11.6. The Labute approximate surface area is 95.8 Å². The molecule has 1 aromatic heterocycles. The van der Waals surface area contributed by atoms with Crippen molar-refractivity contribution < 1.29 is 14.4 Å². The standard InChI is InChI=1S/C9H11N3O3S/c1-4-6(9(15)12-11-3-13)8(10)16-7(4)5(2)14/h3H,10H2,1-2H3,(H,11,13)(H,12,15). The van der Waals surface area contributed by atoms with E-state index in [1.54, 1.807) is 6.92 Å². The minimum absolute atomic E-state index is 0.142. The van der Waals surface area contributed by atoms with Gasteiger partial charge in [-0.3, -0.25) is 25.2 Å². The number of ketones is 1. The van der Waals surface area contributed by atoms with E-state index in [-0.39, 0.29) is 16.3 Å². The number of hydrogen-bond acceptors (Lipinski definition) is 5. The number of carbonyl (C=O) groups excluding carboxylic acids is 3. The van der Waals surface area contributed by atoms with Gasteiger partial charge in [-0.15, -0.1) is 11.3 Å². The highest BCUT2D eigenvalue weighted by atomic mass is 32.1. The Balaban J connectivity index is 3.09. The first-order chi connectivity index (χ1) is 7.49. The molecule has 1 aromatic rings. The fraction of sp³-hybridized carbons (Fsp3) is 0.222. The highest BCUT2D eigenvalue weighted by molar-refractivity contribution is 7.18. The summed E-state index contributed by atoms with van der Waals surface area (Å²) in [7, 11) is 0. The summed E-state index contributed by atoms with van der Waals surface area (Å²) >= 11 is 1.06. The predicted molar refractivity (Wildman–Crippen MR) is 60.1 cm³/mol. The molecule has 0 saturated carbocycles. The van der Waals surface area contributed by atoms with Crippen LogP contribution in [-0.2, 0) is 4.79 Å². The number of nitrogen functional groups attached to an aromatic ring is 1. The molecule has 0 radical (unpaired) electrons. The number of hydrogen-bond donors (Lipinski definition) is 3. The number of Topliss-reactive ketones (excluding diaryl/α,β-unsaturated/α-hetero) is 1. The van der Waals surface area contributed by atoms with Crippen LogP contribution in [-0.4, -0.2) is 18.1 Å². The summed E-state index contributed by atoms with van der Waals surface area (Å²) in [4.78, 5) is 33.3. The van der Waals surface area contributed by atoms with E-state index in [2.05, 4.69) is 5.43 Å². The first kappa shape index (κ1) is 12.2. The monoisotopic (exact) mass is 241 g/mol. The third-order valence-electron chi connectivity index (χ3n) is 1.97. The number of hydrazine groups is 1. The second-order valence-corrected chi connectivity index (χ2v) is 4.12. The average Bonchev–Trinajstić information content (AvgIpc) is 2.51. The zero-order valence-electron chi connectivity index (χ0n) is 8.79. The van der Waals surface area contributed by atoms with Crippen LogP contribution in [0.5, 0.6) is 0 Å². The third kappa shape index (κ3) is 2.19. The summed E-state index contributed by atoms with van der Waals surface area (Å²) in [6.45, 7) is 3.04. The minimum Gasteiger partial charge on any atom is -0.390 e. The molecular weight excluding hydrogens is 230 g/mol. The van der Waals surface area contributed by atoms with Crippen LogP contribution in [0.4, 0.5) is 5.00 Å². The van der Waals surface area contributed by atoms with E-state index in [9.17, 15) is 14.4 Å². The third-order valence-corrected chi connectivity index (χ3v) is 3.19. The Morgan fingerprint density at radius 2 is 2.06 bits per heavy atom. The van der Waals surface area contributed by atoms with Gasteiger partial charge in [0.25, 0.3) is 5.91 Å². The summed E-state index contributed by atoms with van der Waals surface area (Å²) < 4.78 is 0. The molecule has 0 aromatic carbocycles. The molecule has 1 heterocycles. The van der Waals surface area contributed by atoms with Crippen molar-refractivity contribution in [1.82, 2.24) is 10.9 Å². The molecular formula is C9H11N3O3S. The summed E-state index contributed by atoms with van der Waals surface area (Å²) in [5.74, 6) is -0.678. The van der Waals surface area contributed by atoms with Gasteiger partial charge in [0.05, 0.1) is 15.4 Å². The van der Waals surface area contributed by atoms with E-state index in [1.165, 1.54) is 6.92 Å². The number of thiophene rings is 1. The van der Waals surface area contributed by atoms with Gasteiger partial charge < -0.3 is 5.73 Å². The normalized spacial score (nSPS) is 9.62. The SMILES string of the molecule is CC(=O)c1sc(N)c(C(=O)NNC=O)c1C. The lowest BCUT2D eigenvalue weighted by molar-refractivity contribution is -0.110. The molecule has 0 atom stereocenters. The minimum atomic E-state index is -0.536. The van der Waals surface area contributed by atoms with E-state index in [4.69, 9.17) is 5.73 Å². The van der Waals surface area contributed by atoms with Gasteiger partial charge >= 0.3 is 0 Å². The summed E-state index contributed by atoms with van der Waals surface area (Å²) in [6, 6.07) is 0. The zero-order valence-corrected chi connectivity index (χ0v) is 9.60. The van der Waals surface area contributed by atoms with Crippen LogP contribution in [0.25, 0.3) is 0 Å². The Bertz CT molecular complexity index is 453. The van der Waals surface area contributed by atoms with Crippen LogP contribution >= 0.6 is 11.3 Å². The van der Waals surface area contributed by atoms with Crippen molar-refractivity contribution in [2.75, 3.05) is 5.73 Å². The zero-order chi connectivity index (χ0) is 12.3. The molecule has 4 N–H and O–H groups in total. The first-order valence-electron chi connectivity index (χ1n) is 4.38. The van der Waals surface area contributed by atoms with Gasteiger partial charge in [0, 0.05) is 0 Å². The molecule has 2 amide bonds. The molecule has 1 rings (SSSR count). The summed E-state index contributed by atoms with van der Waals surface area (Å²) in [5.41, 5.74) is 10.6. The van der Waals surface area contributed by atoms with Gasteiger partial charge in [-0.2, -0.15) is 0 Å². The molecule has 0 bridgehead atoms. The summed E-state index contributed by atoms with van der Waals surface area (Å²) in [6.07, 6.45) is 0.335. The molecule has 86 valence electrons. The highest BCUT2D eigenvalue weighted by Gasteiger charge is 2.21. The van der Waals surface area contributed by atoms with Gasteiger partial charge in [0.15, 0.2) is 5.78 Å². The molecule has 0 fully saturated rings. The van der Waals surface area contributed by atoms with E-state index in [1.807, 2.05) is 5.43 Å². The van der Waals surface area contributed by atoms with Crippen molar-refractivity contribution in [3.8, 4) is 0 Å². The lowest BCUT2D eigenvalue weighted by atomic mass is 10.1. The van der Waals surface area contributed by atoms with Crippen molar-refractivity contribution in [2.24, 2.45) is 0 Å². The molecule has 0 unspecified atom stereocenters. The maximum atomic E-state index is 11.6. The molecule has 7 heteroatoms. The van der Waals surface area contributed by atoms with Crippen molar-refractivity contribution in [3.63, 3.8) is 0 Å². The number of carbonyl (C=O) groups is 3. The molecule has 6 nitrogen and oxygen atoms in total. The Hall–Kier alpha value is -1.89. The second-order valence-electron chi connectivity index (χ2n) is 3.07. The van der Waals surface area contributed by atoms with Crippen molar-refractivity contribution in [2.45, 2.75) is 13.8 Å². The topological polar surface area (TPSA) is 101 Å². The quantitative estimate of drug-likeness (QED) is 0.399. The largest absolute Gasteiger partial charge is 0.390 e. The van der Waals surface area contributed by atoms with Crippen molar-refractivity contribution >= 4 is 34.4 Å². The van der Waals surface area contributed by atoms with Crippen LogP contribution in [0.15, 0.2) is 0 Å². The van der Waals surface area contributed by atoms with Crippen molar-refractivity contribution in [1.29, 1.82) is 0 Å². The Morgan fingerprint density at radius 3 is 2.50 bits per heavy atom. The fourth-order valence-electron chi connectivity index (χ4n) is 1.31. The maximum Gasteiger partial charge on any atom is 0.272 e. The number of anilines is 1. The molecule has 0 aliphatic carbocycles. The predicted octanol–water partition coefficient (Wildman–Crippen LogP) is 0.232. The number of nitrogens with one attached hydrogen (secondary N) is 2. The van der Waals surface area contributed by atoms with Crippen LogP contribution in [0.2, 0.25) is 0 Å². The Morgan fingerprint density at radius 1 is 1.44 bits per heavy atom. The van der Waals surface area contributed by atoms with Gasteiger partial charge in [-0.05, 0) is 19.4 Å². The number of rotatable bonds is 4. The smallest absolute Gasteiger partial charge is 0.272 e.